The third-order valence-electron chi connectivity index (χ3n) is 3.61. The van der Waals surface area contributed by atoms with Gasteiger partial charge in [0.25, 0.3) is 0 Å². The molecule has 21 heavy (non-hydrogen) atoms. The lowest BCUT2D eigenvalue weighted by Crippen LogP contribution is -2.35. The summed E-state index contributed by atoms with van der Waals surface area (Å²) in [5.74, 6) is 0.248. The number of aliphatic imine (C=N–C) groups is 1. The molecule has 2 N–H and O–H groups in total. The van der Waals surface area contributed by atoms with Crippen molar-refractivity contribution in [1.29, 1.82) is 0 Å². The molecule has 0 amide bonds. The number of benzene rings is 2. The molecule has 0 fully saturated rings. The molecule has 1 unspecified atom stereocenters. The van der Waals surface area contributed by atoms with E-state index in [1.54, 1.807) is 12.1 Å². The van der Waals surface area contributed by atoms with Crippen molar-refractivity contribution in [3.05, 3.63) is 69.9 Å². The quantitative estimate of drug-likeness (QED) is 0.923. The molecule has 0 aliphatic carbocycles. The number of guanidine groups is 1. The first-order valence-corrected chi connectivity index (χ1v) is 7.50. The van der Waals surface area contributed by atoms with Crippen LogP contribution < -0.4 is 5.73 Å². The Morgan fingerprint density at radius 2 is 2.00 bits per heavy atom. The Morgan fingerprint density at radius 3 is 2.76 bits per heavy atom. The van der Waals surface area contributed by atoms with E-state index in [9.17, 15) is 4.39 Å². The summed E-state index contributed by atoms with van der Waals surface area (Å²) in [6, 6.07) is 14.7. The molecule has 0 aromatic heterocycles. The number of nitrogens with zero attached hydrogens (tertiary/aromatic N) is 2. The van der Waals surface area contributed by atoms with Crippen LogP contribution in [0, 0.1) is 5.82 Å². The second kappa shape index (κ2) is 5.85. The zero-order chi connectivity index (χ0) is 14.8. The second-order valence-corrected chi connectivity index (χ2v) is 5.85. The zero-order valence-corrected chi connectivity index (χ0v) is 12.9. The molecule has 2 aromatic rings. The van der Waals surface area contributed by atoms with E-state index >= 15 is 0 Å². The molecule has 1 heterocycles. The highest BCUT2D eigenvalue weighted by Crippen LogP contribution is 2.32. The largest absolute Gasteiger partial charge is 0.370 e. The van der Waals surface area contributed by atoms with Gasteiger partial charge in [-0.25, -0.2) is 4.39 Å². The Labute approximate surface area is 131 Å². The molecule has 1 aliphatic rings. The van der Waals surface area contributed by atoms with Crippen molar-refractivity contribution in [3.8, 4) is 0 Å². The Kier molecular flexibility index (Phi) is 3.92. The van der Waals surface area contributed by atoms with E-state index in [4.69, 9.17) is 5.73 Å². The smallest absolute Gasteiger partial charge is 0.192 e. The van der Waals surface area contributed by atoms with Crippen LogP contribution in [0.1, 0.15) is 17.2 Å². The molecule has 0 bridgehead atoms. The summed E-state index contributed by atoms with van der Waals surface area (Å²) in [6.45, 7) is 1.20. The van der Waals surface area contributed by atoms with Gasteiger partial charge >= 0.3 is 0 Å². The predicted molar refractivity (Wildman–Crippen MR) is 85.3 cm³/mol. The maximum atomic E-state index is 13.5. The third-order valence-corrected chi connectivity index (χ3v) is 4.33. The van der Waals surface area contributed by atoms with Crippen LogP contribution in [-0.2, 0) is 6.54 Å². The minimum absolute atomic E-state index is 0.0460. The maximum absolute atomic E-state index is 13.5. The van der Waals surface area contributed by atoms with Crippen molar-refractivity contribution in [3.63, 3.8) is 0 Å². The Bertz CT molecular complexity index is 672. The van der Waals surface area contributed by atoms with Crippen LogP contribution in [0.3, 0.4) is 0 Å². The molecule has 0 spiro atoms. The number of halogens is 2. The Morgan fingerprint density at radius 1 is 1.24 bits per heavy atom. The van der Waals surface area contributed by atoms with Crippen molar-refractivity contribution in [2.75, 3.05) is 6.54 Å². The maximum Gasteiger partial charge on any atom is 0.192 e. The summed E-state index contributed by atoms with van der Waals surface area (Å²) in [6.07, 6.45) is 0. The van der Waals surface area contributed by atoms with Gasteiger partial charge in [0.15, 0.2) is 5.96 Å². The van der Waals surface area contributed by atoms with Crippen LogP contribution in [0.2, 0.25) is 0 Å². The van der Waals surface area contributed by atoms with Crippen LogP contribution in [0.4, 0.5) is 4.39 Å². The van der Waals surface area contributed by atoms with Crippen LogP contribution in [0.15, 0.2) is 58.0 Å². The molecule has 3 rings (SSSR count). The van der Waals surface area contributed by atoms with E-state index in [1.807, 2.05) is 35.2 Å². The fraction of sp³-hybridized carbons (Fsp3) is 0.188. The van der Waals surface area contributed by atoms with Gasteiger partial charge in [0.2, 0.25) is 0 Å². The molecule has 108 valence electrons. The number of hydrogen-bond acceptors (Lipinski definition) is 3. The fourth-order valence-electron chi connectivity index (χ4n) is 2.54. The van der Waals surface area contributed by atoms with Crippen molar-refractivity contribution in [1.82, 2.24) is 4.90 Å². The van der Waals surface area contributed by atoms with Crippen molar-refractivity contribution in [2.45, 2.75) is 12.6 Å². The highest BCUT2D eigenvalue weighted by Gasteiger charge is 2.29. The molecular weight excluding hydrogens is 333 g/mol. The summed E-state index contributed by atoms with van der Waals surface area (Å²) in [4.78, 5) is 6.33. The molecule has 5 heteroatoms. The van der Waals surface area contributed by atoms with E-state index in [0.717, 1.165) is 15.6 Å². The molecule has 0 radical (unpaired) electrons. The second-order valence-electron chi connectivity index (χ2n) is 4.99. The average Bonchev–Trinajstić information content (AvgIpc) is 2.84. The molecule has 2 aromatic carbocycles. The fourth-order valence-corrected chi connectivity index (χ4v) is 3.05. The molecule has 0 saturated carbocycles. The van der Waals surface area contributed by atoms with E-state index in [0.29, 0.717) is 19.0 Å². The van der Waals surface area contributed by atoms with E-state index < -0.39 is 0 Å². The van der Waals surface area contributed by atoms with E-state index in [1.165, 1.54) is 6.07 Å². The standard InChI is InChI=1S/C16H15BrFN3/c17-14-7-6-12(18)8-13(14)15-9-20-16(19)21(15)10-11-4-2-1-3-5-11/h1-8,15H,9-10H2,(H2,19,20). The molecule has 1 atom stereocenters. The SMILES string of the molecule is NC1=NCC(c2cc(F)ccc2Br)N1Cc1ccccc1. The van der Waals surface area contributed by atoms with E-state index in [-0.39, 0.29) is 11.9 Å². The minimum Gasteiger partial charge on any atom is -0.370 e. The Hall–Kier alpha value is -1.88. The summed E-state index contributed by atoms with van der Waals surface area (Å²) >= 11 is 3.49. The lowest BCUT2D eigenvalue weighted by molar-refractivity contribution is 0.338. The summed E-state index contributed by atoms with van der Waals surface area (Å²) in [5.41, 5.74) is 8.03. The minimum atomic E-state index is -0.252. The molecular formula is C16H15BrFN3. The van der Waals surface area contributed by atoms with Crippen LogP contribution >= 0.6 is 15.9 Å². The number of nitrogens with two attached hydrogens (primary N) is 1. The van der Waals surface area contributed by atoms with Crippen molar-refractivity contribution in [2.24, 2.45) is 10.7 Å². The average molecular weight is 348 g/mol. The first kappa shape index (κ1) is 14.1. The van der Waals surface area contributed by atoms with Gasteiger partial charge in [0.05, 0.1) is 12.6 Å². The highest BCUT2D eigenvalue weighted by molar-refractivity contribution is 9.10. The van der Waals surface area contributed by atoms with E-state index in [2.05, 4.69) is 20.9 Å². The first-order valence-electron chi connectivity index (χ1n) is 6.70. The first-order chi connectivity index (χ1) is 10.1. The lowest BCUT2D eigenvalue weighted by Gasteiger charge is -2.27. The molecule has 3 nitrogen and oxygen atoms in total. The van der Waals surface area contributed by atoms with Crippen molar-refractivity contribution < 1.29 is 4.39 Å². The monoisotopic (exact) mass is 347 g/mol. The molecule has 0 saturated heterocycles. The predicted octanol–water partition coefficient (Wildman–Crippen LogP) is 3.46. The number of hydrogen-bond donors (Lipinski definition) is 1. The summed E-state index contributed by atoms with van der Waals surface area (Å²) in [5, 5.41) is 0. The van der Waals surface area contributed by atoms with Gasteiger partial charge < -0.3 is 10.6 Å². The van der Waals surface area contributed by atoms with Gasteiger partial charge in [0.1, 0.15) is 5.82 Å². The zero-order valence-electron chi connectivity index (χ0n) is 11.3. The van der Waals surface area contributed by atoms with Crippen LogP contribution in [0.25, 0.3) is 0 Å². The van der Waals surface area contributed by atoms with Crippen LogP contribution in [-0.4, -0.2) is 17.4 Å². The van der Waals surface area contributed by atoms with Gasteiger partial charge in [-0.1, -0.05) is 46.3 Å². The van der Waals surface area contributed by atoms with Gasteiger partial charge in [-0.05, 0) is 29.3 Å². The highest BCUT2D eigenvalue weighted by atomic mass is 79.9. The third kappa shape index (κ3) is 2.93. The number of rotatable bonds is 3. The topological polar surface area (TPSA) is 41.6 Å². The molecule has 1 aliphatic heterocycles. The normalized spacial score (nSPS) is 17.9. The summed E-state index contributed by atoms with van der Waals surface area (Å²) in [7, 11) is 0. The van der Waals surface area contributed by atoms with Gasteiger partial charge in [-0.2, -0.15) is 0 Å². The van der Waals surface area contributed by atoms with Gasteiger partial charge in [-0.3, -0.25) is 4.99 Å². The van der Waals surface area contributed by atoms with Crippen LogP contribution in [0.5, 0.6) is 0 Å². The van der Waals surface area contributed by atoms with Gasteiger partial charge in [-0.15, -0.1) is 0 Å². The van der Waals surface area contributed by atoms with Crippen molar-refractivity contribution >= 4 is 21.9 Å². The lowest BCUT2D eigenvalue weighted by atomic mass is 10.1. The summed E-state index contributed by atoms with van der Waals surface area (Å²) < 4.78 is 14.4. The Balaban J connectivity index is 1.90. The van der Waals surface area contributed by atoms with Gasteiger partial charge in [0, 0.05) is 11.0 Å².